The van der Waals surface area contributed by atoms with E-state index in [1.54, 1.807) is 0 Å². The number of tetrazole rings is 1. The molecule has 1 fully saturated rings. The first-order chi connectivity index (χ1) is 18.2. The van der Waals surface area contributed by atoms with Gasteiger partial charge in [0.2, 0.25) is 5.91 Å². The minimum absolute atomic E-state index is 0.0347. The minimum Gasteiger partial charge on any atom is -0.355 e. The lowest BCUT2D eigenvalue weighted by atomic mass is 9.95. The van der Waals surface area contributed by atoms with E-state index in [0.717, 1.165) is 48.6 Å². The quantitative estimate of drug-likeness (QED) is 0.372. The van der Waals surface area contributed by atoms with Gasteiger partial charge in [0.15, 0.2) is 11.5 Å². The van der Waals surface area contributed by atoms with Crippen LogP contribution in [0.2, 0.25) is 0 Å². The lowest BCUT2D eigenvalue weighted by Gasteiger charge is -2.31. The first-order valence-electron chi connectivity index (χ1n) is 12.5. The third-order valence-corrected chi connectivity index (χ3v) is 6.77. The lowest BCUT2D eigenvalue weighted by molar-refractivity contribution is -0.125. The minimum atomic E-state index is -0.0347. The van der Waals surface area contributed by atoms with E-state index in [1.807, 2.05) is 59.4 Å². The fourth-order valence-electron chi connectivity index (χ4n) is 4.79. The van der Waals surface area contributed by atoms with E-state index >= 15 is 0 Å². The van der Waals surface area contributed by atoms with Gasteiger partial charge in [-0.05, 0) is 41.0 Å². The summed E-state index contributed by atoms with van der Waals surface area (Å²) in [6, 6.07) is 24.1. The average Bonchev–Trinajstić information content (AvgIpc) is 3.59. The molecule has 1 saturated heterocycles. The average molecular weight is 494 g/mol. The summed E-state index contributed by atoms with van der Waals surface area (Å²) in [7, 11) is 0. The summed E-state index contributed by atoms with van der Waals surface area (Å²) in [5.41, 5.74) is 4.74. The lowest BCUT2D eigenvalue weighted by Crippen LogP contribution is -2.40. The molecule has 10 nitrogen and oxygen atoms in total. The Kier molecular flexibility index (Phi) is 6.28. The maximum absolute atomic E-state index is 13.1. The van der Waals surface area contributed by atoms with Gasteiger partial charge in [-0.2, -0.15) is 5.10 Å². The van der Waals surface area contributed by atoms with Gasteiger partial charge in [0.05, 0.1) is 12.2 Å². The predicted molar refractivity (Wildman–Crippen MR) is 139 cm³/mol. The van der Waals surface area contributed by atoms with Gasteiger partial charge in [-0.15, -0.1) is 14.8 Å². The van der Waals surface area contributed by atoms with E-state index in [-0.39, 0.29) is 11.8 Å². The van der Waals surface area contributed by atoms with E-state index < -0.39 is 0 Å². The van der Waals surface area contributed by atoms with Crippen LogP contribution in [0, 0.1) is 5.92 Å². The molecule has 0 bridgehead atoms. The van der Waals surface area contributed by atoms with Gasteiger partial charge in [0, 0.05) is 42.9 Å². The molecule has 186 valence electrons. The van der Waals surface area contributed by atoms with E-state index in [1.165, 1.54) is 10.2 Å². The maximum Gasteiger partial charge on any atom is 0.223 e. The Morgan fingerprint density at radius 1 is 0.919 bits per heavy atom. The molecule has 37 heavy (non-hydrogen) atoms. The van der Waals surface area contributed by atoms with Gasteiger partial charge < -0.3 is 10.2 Å². The standard InChI is InChI=1S/C27H27N9O/c37-27(22-13-15-34(16-14-22)25-12-11-24-29-32-33-36(24)30-25)28-17-23-19-35(18-20-7-3-1-4-8-20)31-26(23)21-9-5-2-6-10-21/h1-12,19,22H,13-18H2,(H,28,37). The predicted octanol–water partition coefficient (Wildman–Crippen LogP) is 2.96. The Bertz CT molecular complexity index is 1490. The summed E-state index contributed by atoms with van der Waals surface area (Å²) >= 11 is 0. The molecule has 0 saturated carbocycles. The Balaban J connectivity index is 1.11. The summed E-state index contributed by atoms with van der Waals surface area (Å²) < 4.78 is 3.38. The molecular formula is C27H27N9O. The Hall–Kier alpha value is -4.60. The molecule has 0 spiro atoms. The van der Waals surface area contributed by atoms with E-state index in [9.17, 15) is 4.79 Å². The van der Waals surface area contributed by atoms with E-state index in [2.05, 4.69) is 55.1 Å². The number of fused-ring (bicyclic) bond motifs is 1. The zero-order valence-corrected chi connectivity index (χ0v) is 20.3. The van der Waals surface area contributed by atoms with Crippen molar-refractivity contribution in [1.82, 2.24) is 40.4 Å². The highest BCUT2D eigenvalue weighted by Gasteiger charge is 2.26. The monoisotopic (exact) mass is 493 g/mol. The van der Waals surface area contributed by atoms with Gasteiger partial charge >= 0.3 is 0 Å². The van der Waals surface area contributed by atoms with Crippen LogP contribution in [0.1, 0.15) is 24.0 Å². The number of carbonyl (C=O) groups is 1. The highest BCUT2D eigenvalue weighted by Crippen LogP contribution is 2.24. The second-order valence-corrected chi connectivity index (χ2v) is 9.25. The molecule has 2 aromatic carbocycles. The molecule has 0 aliphatic carbocycles. The summed E-state index contributed by atoms with van der Waals surface area (Å²) in [6.07, 6.45) is 3.57. The summed E-state index contributed by atoms with van der Waals surface area (Å²) in [6.45, 7) is 2.62. The van der Waals surface area contributed by atoms with Gasteiger partial charge in [-0.25, -0.2) is 0 Å². The largest absolute Gasteiger partial charge is 0.355 e. The Morgan fingerprint density at radius 2 is 1.68 bits per heavy atom. The summed E-state index contributed by atoms with van der Waals surface area (Å²) in [5, 5.41) is 23.9. The summed E-state index contributed by atoms with van der Waals surface area (Å²) in [4.78, 5) is 15.3. The highest BCUT2D eigenvalue weighted by atomic mass is 16.1. The molecule has 5 aromatic rings. The second kappa shape index (κ2) is 10.2. The molecule has 3 aromatic heterocycles. The van der Waals surface area contributed by atoms with Crippen LogP contribution in [-0.4, -0.2) is 54.0 Å². The van der Waals surface area contributed by atoms with Crippen LogP contribution in [0.3, 0.4) is 0 Å². The number of benzene rings is 2. The van der Waals surface area contributed by atoms with Crippen molar-refractivity contribution in [1.29, 1.82) is 0 Å². The molecule has 10 heteroatoms. The van der Waals surface area contributed by atoms with Crippen molar-refractivity contribution in [2.24, 2.45) is 5.92 Å². The fraction of sp³-hybridized carbons (Fsp3) is 0.259. The number of nitrogens with zero attached hydrogens (tertiary/aromatic N) is 8. The van der Waals surface area contributed by atoms with Crippen LogP contribution in [-0.2, 0) is 17.9 Å². The molecular weight excluding hydrogens is 466 g/mol. The number of amides is 1. The molecule has 1 N–H and O–H groups in total. The second-order valence-electron chi connectivity index (χ2n) is 9.25. The molecule has 0 atom stereocenters. The number of hydrogen-bond acceptors (Lipinski definition) is 7. The van der Waals surface area contributed by atoms with Crippen LogP contribution >= 0.6 is 0 Å². The number of carbonyl (C=O) groups excluding carboxylic acids is 1. The van der Waals surface area contributed by atoms with Crippen molar-refractivity contribution < 1.29 is 4.79 Å². The van der Waals surface area contributed by atoms with Crippen molar-refractivity contribution in [2.45, 2.75) is 25.9 Å². The van der Waals surface area contributed by atoms with Crippen LogP contribution in [0.15, 0.2) is 79.0 Å². The van der Waals surface area contributed by atoms with E-state index in [0.29, 0.717) is 18.7 Å². The first kappa shape index (κ1) is 22.8. The van der Waals surface area contributed by atoms with Crippen LogP contribution in [0.5, 0.6) is 0 Å². The number of aromatic nitrogens is 7. The number of nitrogens with one attached hydrogen (secondary N) is 1. The van der Waals surface area contributed by atoms with Crippen molar-refractivity contribution >= 4 is 17.4 Å². The van der Waals surface area contributed by atoms with Gasteiger partial charge in [0.1, 0.15) is 0 Å². The Labute approximate surface area is 213 Å². The first-order valence-corrected chi connectivity index (χ1v) is 12.5. The fourth-order valence-corrected chi connectivity index (χ4v) is 4.79. The molecule has 0 radical (unpaired) electrons. The Morgan fingerprint density at radius 3 is 2.46 bits per heavy atom. The molecule has 6 rings (SSSR count). The van der Waals surface area contributed by atoms with Crippen molar-refractivity contribution in [3.63, 3.8) is 0 Å². The summed E-state index contributed by atoms with van der Waals surface area (Å²) in [5.74, 6) is 0.864. The molecule has 1 aliphatic rings. The van der Waals surface area contributed by atoms with E-state index in [4.69, 9.17) is 5.10 Å². The molecule has 0 unspecified atom stereocenters. The third-order valence-electron chi connectivity index (χ3n) is 6.77. The van der Waals surface area contributed by atoms with Gasteiger partial charge in [0.25, 0.3) is 0 Å². The van der Waals surface area contributed by atoms with Gasteiger partial charge in [-0.3, -0.25) is 9.48 Å². The van der Waals surface area contributed by atoms with Crippen LogP contribution in [0.4, 0.5) is 5.82 Å². The third kappa shape index (κ3) is 5.04. The van der Waals surface area contributed by atoms with Gasteiger partial charge in [-0.1, -0.05) is 60.7 Å². The number of hydrogen-bond donors (Lipinski definition) is 1. The molecule has 4 heterocycles. The zero-order chi connectivity index (χ0) is 25.0. The number of rotatable bonds is 7. The van der Waals surface area contributed by atoms with Crippen molar-refractivity contribution in [3.05, 3.63) is 90.1 Å². The van der Waals surface area contributed by atoms with Crippen LogP contribution < -0.4 is 10.2 Å². The molecule has 1 amide bonds. The van der Waals surface area contributed by atoms with Crippen molar-refractivity contribution in [3.8, 4) is 11.3 Å². The topological polar surface area (TPSA) is 106 Å². The normalized spacial score (nSPS) is 14.2. The van der Waals surface area contributed by atoms with Crippen molar-refractivity contribution in [2.75, 3.05) is 18.0 Å². The smallest absolute Gasteiger partial charge is 0.223 e. The number of anilines is 1. The highest BCUT2D eigenvalue weighted by molar-refractivity contribution is 5.79. The zero-order valence-electron chi connectivity index (χ0n) is 20.3. The number of piperidine rings is 1. The SMILES string of the molecule is O=C(NCc1cn(Cc2ccccc2)nc1-c1ccccc1)C1CCN(c2ccc3nnnn3n2)CC1. The maximum atomic E-state index is 13.1. The van der Waals surface area contributed by atoms with Crippen LogP contribution in [0.25, 0.3) is 16.9 Å². The molecule has 1 aliphatic heterocycles.